The Labute approximate surface area is 40.7 Å². The van der Waals surface area contributed by atoms with Crippen LogP contribution in [0, 0.1) is 11.5 Å². The van der Waals surface area contributed by atoms with Crippen LogP contribution in [0.1, 0.15) is 0 Å². The molecule has 0 aromatic carbocycles. The lowest BCUT2D eigenvalue weighted by molar-refractivity contribution is 1.45. The number of hydrogen-bond donors (Lipinski definition) is 1. The normalized spacial score (nSPS) is 1.75. The Balaban J connectivity index is 0. The number of hydrogen-bond acceptors (Lipinski definition) is 2. The Hall–Kier alpha value is 0.0562. The summed E-state index contributed by atoms with van der Waals surface area (Å²) >= 11 is 0. The molecule has 0 aromatic rings. The molecule has 2 nitrogen and oxygen atoms in total. The molecule has 0 aliphatic heterocycles. The third-order valence-corrected chi connectivity index (χ3v) is 0. The van der Waals surface area contributed by atoms with E-state index in [9.17, 15) is 0 Å². The molecule has 0 amide bonds. The van der Waals surface area contributed by atoms with Gasteiger partial charge in [-0.15, -0.1) is 0 Å². The summed E-state index contributed by atoms with van der Waals surface area (Å²) in [5.74, 6) is 0. The van der Waals surface area contributed by atoms with E-state index in [-0.39, 0.29) is 23.1 Å². The molecule has 0 unspecified atom stereocenters. The zero-order valence-corrected chi connectivity index (χ0v) is 3.65. The lowest BCUT2D eigenvalue weighted by Crippen LogP contribution is -1.69. The van der Waals surface area contributed by atoms with Crippen LogP contribution in [0.3, 0.4) is 0 Å². The van der Waals surface area contributed by atoms with E-state index in [1.165, 1.54) is 6.19 Å². The van der Waals surface area contributed by atoms with Crippen molar-refractivity contribution in [3.05, 3.63) is 0 Å². The first-order valence-corrected chi connectivity index (χ1v) is 0.512. The van der Waals surface area contributed by atoms with Gasteiger partial charge >= 0.3 is 0 Å². The summed E-state index contributed by atoms with van der Waals surface area (Å²) in [6.07, 6.45) is 1.25. The lowest BCUT2D eigenvalue weighted by Gasteiger charge is -1.24. The quantitative estimate of drug-likeness (QED) is 0.225. The fourth-order valence-corrected chi connectivity index (χ4v) is 0. The van der Waals surface area contributed by atoms with Gasteiger partial charge in [0.25, 0.3) is 0 Å². The molecule has 0 bridgehead atoms. The second-order valence-electron chi connectivity index (χ2n) is 0.129. The van der Waals surface area contributed by atoms with Gasteiger partial charge in [0.05, 0.1) is 0 Å². The van der Waals surface area contributed by atoms with Crippen molar-refractivity contribution in [2.24, 2.45) is 5.73 Å². The Bertz CT molecular complexity index is 27.5. The highest BCUT2D eigenvalue weighted by Gasteiger charge is 1.12. The summed E-state index contributed by atoms with van der Waals surface area (Å²) < 4.78 is 0. The number of rotatable bonds is 0. The van der Waals surface area contributed by atoms with Gasteiger partial charge < -0.3 is 5.73 Å². The summed E-state index contributed by atoms with van der Waals surface area (Å²) in [5, 5.41) is 7.10. The predicted octanol–water partition coefficient (Wildman–Crippen LogP) is -0.955. The molecule has 0 aliphatic carbocycles. The molecule has 0 saturated heterocycles. The highest BCUT2D eigenvalue weighted by Crippen LogP contribution is 0.900. The SMILES string of the molecule is N#CN.[Mg]. The van der Waals surface area contributed by atoms with E-state index in [1.807, 2.05) is 0 Å². The minimum Gasteiger partial charge on any atom is -0.337 e. The van der Waals surface area contributed by atoms with Crippen LogP contribution >= 0.6 is 0 Å². The van der Waals surface area contributed by atoms with Crippen LogP contribution in [-0.4, -0.2) is 23.1 Å². The second kappa shape index (κ2) is 11.6. The molecule has 0 aliphatic rings. The summed E-state index contributed by atoms with van der Waals surface area (Å²) in [5.41, 5.74) is 4.15. The maximum absolute atomic E-state index is 7.10. The number of nitrogens with two attached hydrogens (primary N) is 1. The van der Waals surface area contributed by atoms with Gasteiger partial charge in [-0.3, -0.25) is 0 Å². The minimum absolute atomic E-state index is 0. The fraction of sp³-hybridized carbons (Fsp3) is 0. The van der Waals surface area contributed by atoms with E-state index in [0.29, 0.717) is 0 Å². The zero-order chi connectivity index (χ0) is 2.71. The summed E-state index contributed by atoms with van der Waals surface area (Å²) in [7, 11) is 0. The summed E-state index contributed by atoms with van der Waals surface area (Å²) in [6.45, 7) is 0. The first-order chi connectivity index (χ1) is 1.41. The molecule has 0 atom stereocenters. The van der Waals surface area contributed by atoms with Crippen LogP contribution in [-0.2, 0) is 0 Å². The maximum atomic E-state index is 7.10. The molecule has 0 rings (SSSR count). The molecule has 0 fully saturated rings. The van der Waals surface area contributed by atoms with Gasteiger partial charge in [0, 0.05) is 23.1 Å². The van der Waals surface area contributed by atoms with E-state index in [4.69, 9.17) is 5.26 Å². The van der Waals surface area contributed by atoms with Gasteiger partial charge in [0.15, 0.2) is 6.19 Å². The van der Waals surface area contributed by atoms with Crippen LogP contribution in [0.15, 0.2) is 0 Å². The number of nitrogens with zero attached hydrogens (tertiary/aromatic N) is 1. The van der Waals surface area contributed by atoms with E-state index in [2.05, 4.69) is 5.73 Å². The predicted molar refractivity (Wildman–Crippen MR) is 15.6 cm³/mol. The average molecular weight is 66.3 g/mol. The van der Waals surface area contributed by atoms with E-state index in [1.54, 1.807) is 0 Å². The third-order valence-electron chi connectivity index (χ3n) is 0. The van der Waals surface area contributed by atoms with Gasteiger partial charge in [0.1, 0.15) is 0 Å². The van der Waals surface area contributed by atoms with Crippen molar-refractivity contribution >= 4 is 23.1 Å². The third kappa shape index (κ3) is 725. The fourth-order valence-electron chi connectivity index (χ4n) is 0. The zero-order valence-electron chi connectivity index (χ0n) is 2.23. The maximum Gasteiger partial charge on any atom is 0.173 e. The van der Waals surface area contributed by atoms with Crippen molar-refractivity contribution in [3.63, 3.8) is 0 Å². The van der Waals surface area contributed by atoms with Crippen molar-refractivity contribution in [1.29, 1.82) is 5.26 Å². The van der Waals surface area contributed by atoms with Crippen molar-refractivity contribution in [3.8, 4) is 6.19 Å². The smallest absolute Gasteiger partial charge is 0.173 e. The molecule has 0 aromatic heterocycles. The van der Waals surface area contributed by atoms with E-state index < -0.39 is 0 Å². The lowest BCUT2D eigenvalue weighted by atomic mass is 11.5. The van der Waals surface area contributed by atoms with Gasteiger partial charge in [-0.1, -0.05) is 0 Å². The Morgan fingerprint density at radius 3 is 1.75 bits per heavy atom. The van der Waals surface area contributed by atoms with E-state index >= 15 is 0 Å². The van der Waals surface area contributed by atoms with Gasteiger partial charge in [-0.05, 0) is 0 Å². The van der Waals surface area contributed by atoms with Crippen molar-refractivity contribution in [1.82, 2.24) is 0 Å². The molecule has 0 spiro atoms. The Morgan fingerprint density at radius 1 is 1.75 bits per heavy atom. The standard InChI is InChI=1S/CH2N2.Mg/c2-1-3;/h2H2;. The molecule has 18 valence electrons. The molecular formula is CH2MgN2. The largest absolute Gasteiger partial charge is 0.337 e. The van der Waals surface area contributed by atoms with Crippen molar-refractivity contribution in [2.45, 2.75) is 0 Å². The first-order valence-electron chi connectivity index (χ1n) is 0.512. The molecule has 4 heavy (non-hydrogen) atoms. The monoisotopic (exact) mass is 66.0 g/mol. The van der Waals surface area contributed by atoms with E-state index in [0.717, 1.165) is 0 Å². The molecule has 3 heteroatoms. The van der Waals surface area contributed by atoms with Gasteiger partial charge in [0.2, 0.25) is 0 Å². The van der Waals surface area contributed by atoms with Crippen LogP contribution in [0.4, 0.5) is 0 Å². The minimum atomic E-state index is 0. The van der Waals surface area contributed by atoms with Crippen LogP contribution < -0.4 is 5.73 Å². The molecule has 2 radical (unpaired) electrons. The number of nitriles is 1. The topological polar surface area (TPSA) is 49.8 Å². The molecular weight excluding hydrogens is 64.3 g/mol. The van der Waals surface area contributed by atoms with Crippen LogP contribution in [0.2, 0.25) is 0 Å². The summed E-state index contributed by atoms with van der Waals surface area (Å²) in [6, 6.07) is 0. The summed E-state index contributed by atoms with van der Waals surface area (Å²) in [4.78, 5) is 0. The second-order valence-corrected chi connectivity index (χ2v) is 0.129. The molecule has 0 saturated carbocycles. The first kappa shape index (κ1) is 8.96. The molecule has 2 N–H and O–H groups in total. The highest BCUT2D eigenvalue weighted by atomic mass is 24.3. The Morgan fingerprint density at radius 2 is 1.75 bits per heavy atom. The highest BCUT2D eigenvalue weighted by molar-refractivity contribution is 5.75. The van der Waals surface area contributed by atoms with Crippen molar-refractivity contribution < 1.29 is 0 Å². The van der Waals surface area contributed by atoms with Crippen LogP contribution in [0.25, 0.3) is 0 Å². The van der Waals surface area contributed by atoms with Crippen molar-refractivity contribution in [2.75, 3.05) is 0 Å². The van der Waals surface area contributed by atoms with Crippen LogP contribution in [0.5, 0.6) is 0 Å². The van der Waals surface area contributed by atoms with Gasteiger partial charge in [-0.25, -0.2) is 0 Å². The van der Waals surface area contributed by atoms with Gasteiger partial charge in [-0.2, -0.15) is 5.26 Å². The average Bonchev–Trinajstić information content (AvgIpc) is 0.918. The Kier molecular flexibility index (Phi) is 25.9. The molecule has 0 heterocycles.